The van der Waals surface area contributed by atoms with Gasteiger partial charge >= 0.3 is 0 Å². The highest BCUT2D eigenvalue weighted by Crippen LogP contribution is 2.36. The summed E-state index contributed by atoms with van der Waals surface area (Å²) >= 11 is 0. The minimum atomic E-state index is -0.267. The first-order chi connectivity index (χ1) is 16.0. The summed E-state index contributed by atoms with van der Waals surface area (Å²) in [6.45, 7) is 1.27. The van der Waals surface area contributed by atoms with E-state index in [9.17, 15) is 19.2 Å². The Bertz CT molecular complexity index is 987. The van der Waals surface area contributed by atoms with Crippen LogP contribution >= 0.6 is 0 Å². The van der Waals surface area contributed by atoms with Crippen molar-refractivity contribution >= 4 is 29.3 Å². The van der Waals surface area contributed by atoms with E-state index in [0.717, 1.165) is 0 Å². The lowest BCUT2D eigenvalue weighted by atomic mass is 9.85. The third-order valence-electron chi connectivity index (χ3n) is 7.01. The summed E-state index contributed by atoms with van der Waals surface area (Å²) in [7, 11) is 0. The van der Waals surface area contributed by atoms with Crippen LogP contribution in [0.25, 0.3) is 0 Å². The van der Waals surface area contributed by atoms with Crippen molar-refractivity contribution in [2.24, 2.45) is 17.8 Å². The number of benzene rings is 1. The second-order valence-corrected chi connectivity index (χ2v) is 8.95. The molecule has 1 aromatic rings. The molecule has 2 fully saturated rings. The highest BCUT2D eigenvalue weighted by atomic mass is 16.7. The van der Waals surface area contributed by atoms with E-state index in [1.54, 1.807) is 23.1 Å². The molecule has 4 amide bonds. The normalized spacial score (nSPS) is 24.2. The van der Waals surface area contributed by atoms with E-state index in [0.29, 0.717) is 56.0 Å². The molecule has 174 valence electrons. The lowest BCUT2D eigenvalue weighted by molar-refractivity contribution is -0.141. The molecular formula is C24H27N3O6. The van der Waals surface area contributed by atoms with Crippen LogP contribution in [0.1, 0.15) is 32.1 Å². The molecule has 0 aromatic heterocycles. The molecule has 9 nitrogen and oxygen atoms in total. The number of rotatable bonds is 5. The van der Waals surface area contributed by atoms with Crippen LogP contribution in [0.3, 0.4) is 0 Å². The molecule has 5 rings (SSSR count). The quantitative estimate of drug-likeness (QED) is 0.540. The minimum absolute atomic E-state index is 0.0783. The number of imide groups is 1. The van der Waals surface area contributed by atoms with E-state index in [1.807, 2.05) is 12.2 Å². The highest BCUT2D eigenvalue weighted by molar-refractivity contribution is 6.05. The number of nitrogens with one attached hydrogen (secondary N) is 1. The lowest BCUT2D eigenvalue weighted by Crippen LogP contribution is -2.43. The molecule has 9 heteroatoms. The van der Waals surface area contributed by atoms with Gasteiger partial charge in [0.2, 0.25) is 30.4 Å². The van der Waals surface area contributed by atoms with Crippen molar-refractivity contribution in [1.29, 1.82) is 0 Å². The number of fused-ring (bicyclic) bond motifs is 2. The van der Waals surface area contributed by atoms with Gasteiger partial charge in [-0.15, -0.1) is 0 Å². The third-order valence-corrected chi connectivity index (χ3v) is 7.01. The number of piperidine rings is 1. The summed E-state index contributed by atoms with van der Waals surface area (Å²) in [6, 6.07) is 5.28. The van der Waals surface area contributed by atoms with Gasteiger partial charge in [0.1, 0.15) is 0 Å². The van der Waals surface area contributed by atoms with Crippen LogP contribution in [0.15, 0.2) is 30.4 Å². The Morgan fingerprint density at radius 3 is 2.33 bits per heavy atom. The summed E-state index contributed by atoms with van der Waals surface area (Å²) in [4.78, 5) is 53.5. The maximum absolute atomic E-state index is 12.7. The molecule has 0 unspecified atom stereocenters. The molecule has 3 aliphatic heterocycles. The van der Waals surface area contributed by atoms with Crippen molar-refractivity contribution in [2.75, 3.05) is 31.7 Å². The van der Waals surface area contributed by atoms with Gasteiger partial charge in [0, 0.05) is 43.7 Å². The van der Waals surface area contributed by atoms with Gasteiger partial charge in [-0.05, 0) is 37.8 Å². The molecule has 1 aromatic carbocycles. The molecule has 0 bridgehead atoms. The maximum atomic E-state index is 12.7. The predicted molar refractivity (Wildman–Crippen MR) is 117 cm³/mol. The van der Waals surface area contributed by atoms with Gasteiger partial charge in [0.15, 0.2) is 11.5 Å². The Kier molecular flexibility index (Phi) is 5.78. The zero-order chi connectivity index (χ0) is 22.9. The van der Waals surface area contributed by atoms with Crippen LogP contribution in [0.5, 0.6) is 11.5 Å². The van der Waals surface area contributed by atoms with Gasteiger partial charge in [0.05, 0.1) is 11.8 Å². The topological polar surface area (TPSA) is 105 Å². The molecule has 2 atom stereocenters. The molecule has 4 aliphatic rings. The molecular weight excluding hydrogens is 426 g/mol. The SMILES string of the molecule is O=C(Nc1ccc2c(c1)OCO2)C1CCN(C(=O)CCN2C(=O)[C@H]3CC=CC[C@H]3C2=O)CC1. The van der Waals surface area contributed by atoms with Crippen molar-refractivity contribution < 1.29 is 28.7 Å². The van der Waals surface area contributed by atoms with E-state index < -0.39 is 0 Å². The summed E-state index contributed by atoms with van der Waals surface area (Å²) in [5.74, 6) is 0.0853. The third kappa shape index (κ3) is 4.19. The first kappa shape index (κ1) is 21.5. The number of ether oxygens (including phenoxy) is 2. The summed E-state index contributed by atoms with van der Waals surface area (Å²) in [5, 5.41) is 2.92. The Hall–Kier alpha value is -3.36. The lowest BCUT2D eigenvalue weighted by Gasteiger charge is -2.31. The number of amides is 4. The highest BCUT2D eigenvalue weighted by Gasteiger charge is 2.47. The van der Waals surface area contributed by atoms with Crippen LogP contribution in [0.2, 0.25) is 0 Å². The zero-order valence-electron chi connectivity index (χ0n) is 18.3. The summed E-state index contributed by atoms with van der Waals surface area (Å²) in [5.41, 5.74) is 0.651. The Morgan fingerprint density at radius 2 is 1.64 bits per heavy atom. The van der Waals surface area contributed by atoms with Crippen molar-refractivity contribution in [1.82, 2.24) is 9.80 Å². The van der Waals surface area contributed by atoms with Gasteiger partial charge in [0.25, 0.3) is 0 Å². The standard InChI is InChI=1S/C24H27N3O6/c28-21(9-12-27-23(30)17-3-1-2-4-18(17)24(27)31)26-10-7-15(8-11-26)22(29)25-16-5-6-19-20(13-16)33-14-32-19/h1-2,5-6,13,15,17-18H,3-4,7-12,14H2,(H,25,29)/t17-,18+. The van der Waals surface area contributed by atoms with E-state index >= 15 is 0 Å². The molecule has 1 aliphatic carbocycles. The molecule has 2 saturated heterocycles. The Balaban J connectivity index is 1.08. The molecule has 3 heterocycles. The number of likely N-dealkylation sites (tertiary alicyclic amines) is 2. The monoisotopic (exact) mass is 453 g/mol. The predicted octanol–water partition coefficient (Wildman–Crippen LogP) is 1.93. The molecule has 33 heavy (non-hydrogen) atoms. The number of hydrogen-bond acceptors (Lipinski definition) is 6. The average Bonchev–Trinajstić information content (AvgIpc) is 3.40. The fourth-order valence-corrected chi connectivity index (χ4v) is 5.06. The summed E-state index contributed by atoms with van der Waals surface area (Å²) < 4.78 is 10.6. The molecule has 1 N–H and O–H groups in total. The van der Waals surface area contributed by atoms with Gasteiger partial charge in [-0.25, -0.2) is 0 Å². The van der Waals surface area contributed by atoms with E-state index in [2.05, 4.69) is 5.32 Å². The second kappa shape index (κ2) is 8.88. The van der Waals surface area contributed by atoms with Crippen molar-refractivity contribution in [2.45, 2.75) is 32.1 Å². The van der Waals surface area contributed by atoms with Gasteiger partial charge < -0.3 is 19.7 Å². The van der Waals surface area contributed by atoms with E-state index in [-0.39, 0.29) is 61.1 Å². The fourth-order valence-electron chi connectivity index (χ4n) is 5.06. The van der Waals surface area contributed by atoms with Gasteiger partial charge in [-0.3, -0.25) is 24.1 Å². The first-order valence-corrected chi connectivity index (χ1v) is 11.5. The van der Waals surface area contributed by atoms with E-state index in [4.69, 9.17) is 9.47 Å². The van der Waals surface area contributed by atoms with Crippen LogP contribution in [-0.4, -0.2) is 59.9 Å². The summed E-state index contributed by atoms with van der Waals surface area (Å²) in [6.07, 6.45) is 6.36. The van der Waals surface area contributed by atoms with E-state index in [1.165, 1.54) is 4.90 Å². The number of hydrogen-bond donors (Lipinski definition) is 1. The minimum Gasteiger partial charge on any atom is -0.454 e. The smallest absolute Gasteiger partial charge is 0.233 e. The number of carbonyl (C=O) groups is 4. The Morgan fingerprint density at radius 1 is 0.970 bits per heavy atom. The van der Waals surface area contributed by atoms with Crippen LogP contribution < -0.4 is 14.8 Å². The van der Waals surface area contributed by atoms with Gasteiger partial charge in [-0.1, -0.05) is 12.2 Å². The second-order valence-electron chi connectivity index (χ2n) is 8.95. The number of allylic oxidation sites excluding steroid dienone is 2. The van der Waals surface area contributed by atoms with Crippen LogP contribution in [0.4, 0.5) is 5.69 Å². The van der Waals surface area contributed by atoms with Crippen molar-refractivity contribution in [3.63, 3.8) is 0 Å². The molecule has 0 saturated carbocycles. The largest absolute Gasteiger partial charge is 0.454 e. The zero-order valence-corrected chi connectivity index (χ0v) is 18.3. The fraction of sp³-hybridized carbons (Fsp3) is 0.500. The number of anilines is 1. The number of carbonyl (C=O) groups excluding carboxylic acids is 4. The Labute approximate surface area is 191 Å². The van der Waals surface area contributed by atoms with Gasteiger partial charge in [-0.2, -0.15) is 0 Å². The van der Waals surface area contributed by atoms with Crippen LogP contribution in [0, 0.1) is 17.8 Å². The van der Waals surface area contributed by atoms with Crippen LogP contribution in [-0.2, 0) is 19.2 Å². The maximum Gasteiger partial charge on any atom is 0.233 e. The first-order valence-electron chi connectivity index (χ1n) is 11.5. The van der Waals surface area contributed by atoms with Crippen molar-refractivity contribution in [3.8, 4) is 11.5 Å². The number of nitrogens with zero attached hydrogens (tertiary/aromatic N) is 2. The van der Waals surface area contributed by atoms with Crippen molar-refractivity contribution in [3.05, 3.63) is 30.4 Å². The molecule has 0 radical (unpaired) electrons. The molecule has 0 spiro atoms. The average molecular weight is 453 g/mol.